The Hall–Kier alpha value is -2.51. The van der Waals surface area contributed by atoms with Gasteiger partial charge in [0.2, 0.25) is 5.91 Å². The highest BCUT2D eigenvalue weighted by Gasteiger charge is 2.40. The highest BCUT2D eigenvalue weighted by molar-refractivity contribution is 5.94. The van der Waals surface area contributed by atoms with E-state index in [-0.39, 0.29) is 18.2 Å². The Labute approximate surface area is 187 Å². The predicted molar refractivity (Wildman–Crippen MR) is 118 cm³/mol. The summed E-state index contributed by atoms with van der Waals surface area (Å²) >= 11 is 0. The van der Waals surface area contributed by atoms with Crippen molar-refractivity contribution in [2.24, 2.45) is 11.8 Å². The van der Waals surface area contributed by atoms with Gasteiger partial charge in [-0.2, -0.15) is 0 Å². The van der Waals surface area contributed by atoms with Crippen molar-refractivity contribution in [3.63, 3.8) is 0 Å². The monoisotopic (exact) mass is 446 g/mol. The van der Waals surface area contributed by atoms with Gasteiger partial charge in [0.05, 0.1) is 11.5 Å². The molecule has 174 valence electrons. The maximum atomic E-state index is 14.1. The van der Waals surface area contributed by atoms with Gasteiger partial charge in [-0.1, -0.05) is 12.8 Å². The van der Waals surface area contributed by atoms with Gasteiger partial charge in [-0.05, 0) is 56.6 Å². The molecule has 0 bridgehead atoms. The summed E-state index contributed by atoms with van der Waals surface area (Å²) in [4.78, 5) is 30.9. The highest BCUT2D eigenvalue weighted by atomic mass is 19.2. The largest absolute Gasteiger partial charge is 0.352 e. The van der Waals surface area contributed by atoms with Crippen LogP contribution in [-0.4, -0.2) is 58.1 Å². The number of fused-ring (bicyclic) bond motifs is 1. The van der Waals surface area contributed by atoms with Crippen molar-refractivity contribution in [1.82, 2.24) is 19.6 Å². The fourth-order valence-corrected chi connectivity index (χ4v) is 4.96. The normalized spacial score (nSPS) is 24.6. The van der Waals surface area contributed by atoms with Gasteiger partial charge in [0.25, 0.3) is 5.91 Å². The lowest BCUT2D eigenvalue weighted by atomic mass is 9.84. The average molecular weight is 447 g/mol. The Morgan fingerprint density at radius 1 is 1.09 bits per heavy atom. The van der Waals surface area contributed by atoms with Crippen LogP contribution in [0.1, 0.15) is 61.7 Å². The van der Waals surface area contributed by atoms with E-state index in [9.17, 15) is 18.4 Å². The smallest absolute Gasteiger partial charge is 0.252 e. The number of nitrogens with one attached hydrogen (secondary N) is 1. The number of piperidine rings is 1. The van der Waals surface area contributed by atoms with Crippen LogP contribution in [0.2, 0.25) is 0 Å². The van der Waals surface area contributed by atoms with Crippen LogP contribution in [0.4, 0.5) is 8.78 Å². The zero-order valence-corrected chi connectivity index (χ0v) is 18.4. The van der Waals surface area contributed by atoms with Gasteiger partial charge >= 0.3 is 0 Å². The van der Waals surface area contributed by atoms with E-state index in [2.05, 4.69) is 10.3 Å². The Balaban J connectivity index is 1.12. The van der Waals surface area contributed by atoms with E-state index in [1.54, 1.807) is 23.4 Å². The summed E-state index contributed by atoms with van der Waals surface area (Å²) in [6, 6.07) is 3.60. The maximum absolute atomic E-state index is 14.1. The molecule has 6 nitrogen and oxygen atoms in total. The fourth-order valence-electron chi connectivity index (χ4n) is 4.96. The number of imidazole rings is 1. The molecular formula is C24H32F2N4O2. The molecule has 1 aliphatic carbocycles. The second kappa shape index (κ2) is 10.4. The summed E-state index contributed by atoms with van der Waals surface area (Å²) in [6.45, 7) is 1.90. The van der Waals surface area contributed by atoms with E-state index in [4.69, 9.17) is 0 Å². The van der Waals surface area contributed by atoms with E-state index in [0.29, 0.717) is 44.0 Å². The van der Waals surface area contributed by atoms with Gasteiger partial charge in [-0.3, -0.25) is 9.59 Å². The second-order valence-electron chi connectivity index (χ2n) is 9.13. The molecule has 3 atom stereocenters. The second-order valence-corrected chi connectivity index (χ2v) is 9.13. The summed E-state index contributed by atoms with van der Waals surface area (Å²) in [5.74, 6) is -0.542. The van der Waals surface area contributed by atoms with Crippen LogP contribution in [-0.2, 0) is 4.79 Å². The summed E-state index contributed by atoms with van der Waals surface area (Å²) < 4.78 is 29.6. The Kier molecular flexibility index (Phi) is 7.37. The lowest BCUT2D eigenvalue weighted by Crippen LogP contribution is -2.47. The van der Waals surface area contributed by atoms with Gasteiger partial charge in [-0.15, -0.1) is 0 Å². The maximum Gasteiger partial charge on any atom is 0.252 e. The predicted octanol–water partition coefficient (Wildman–Crippen LogP) is 3.95. The third kappa shape index (κ3) is 5.27. The van der Waals surface area contributed by atoms with Crippen molar-refractivity contribution >= 4 is 17.5 Å². The molecule has 0 aromatic carbocycles. The van der Waals surface area contributed by atoms with Gasteiger partial charge < -0.3 is 14.6 Å². The minimum Gasteiger partial charge on any atom is -0.352 e. The summed E-state index contributed by atoms with van der Waals surface area (Å²) in [7, 11) is 0. The van der Waals surface area contributed by atoms with E-state index >= 15 is 0 Å². The Morgan fingerprint density at radius 3 is 2.72 bits per heavy atom. The van der Waals surface area contributed by atoms with Gasteiger partial charge in [0.15, 0.2) is 0 Å². The first-order valence-corrected chi connectivity index (χ1v) is 11.8. The molecule has 32 heavy (non-hydrogen) atoms. The summed E-state index contributed by atoms with van der Waals surface area (Å²) in [5.41, 5.74) is 1.42. The number of amides is 2. The van der Waals surface area contributed by atoms with Crippen molar-refractivity contribution in [2.45, 2.75) is 63.7 Å². The summed E-state index contributed by atoms with van der Waals surface area (Å²) in [6.07, 6.45) is 8.21. The number of nitrogens with zero attached hydrogens (tertiary/aromatic N) is 3. The van der Waals surface area contributed by atoms with Gasteiger partial charge in [0.1, 0.15) is 18.0 Å². The van der Waals surface area contributed by atoms with Crippen LogP contribution < -0.4 is 5.32 Å². The van der Waals surface area contributed by atoms with Crippen LogP contribution in [0.5, 0.6) is 0 Å². The molecule has 0 radical (unpaired) electrons. The van der Waals surface area contributed by atoms with Gasteiger partial charge in [-0.25, -0.2) is 13.8 Å². The van der Waals surface area contributed by atoms with E-state index in [0.717, 1.165) is 37.8 Å². The number of pyridine rings is 1. The molecule has 2 aromatic rings. The number of carbonyl (C=O) groups excluding carboxylic acids is 2. The third-order valence-corrected chi connectivity index (χ3v) is 6.94. The van der Waals surface area contributed by atoms with E-state index in [1.807, 2.05) is 16.7 Å². The molecule has 1 aliphatic heterocycles. The van der Waals surface area contributed by atoms with Crippen LogP contribution in [0, 0.1) is 11.8 Å². The zero-order valence-electron chi connectivity index (χ0n) is 18.4. The van der Waals surface area contributed by atoms with Gasteiger partial charge in [0, 0.05) is 38.2 Å². The highest BCUT2D eigenvalue weighted by Crippen LogP contribution is 2.32. The molecule has 2 aromatic heterocycles. The number of likely N-dealkylation sites (tertiary alicyclic amines) is 1. The first kappa shape index (κ1) is 22.7. The molecule has 8 heteroatoms. The fraction of sp³-hybridized carbons (Fsp3) is 0.625. The number of hydrogen-bond donors (Lipinski definition) is 1. The molecule has 1 N–H and O–H groups in total. The van der Waals surface area contributed by atoms with Crippen molar-refractivity contribution in [1.29, 1.82) is 0 Å². The Bertz CT molecular complexity index is 926. The van der Waals surface area contributed by atoms with Crippen molar-refractivity contribution in [3.8, 4) is 0 Å². The number of carbonyl (C=O) groups is 2. The minimum absolute atomic E-state index is 0.0863. The molecule has 1 saturated heterocycles. The number of hydrogen-bond acceptors (Lipinski definition) is 3. The lowest BCUT2D eigenvalue weighted by Gasteiger charge is -2.37. The standard InChI is InChI=1S/C24H32F2N4O2/c25-20-6-3-5-19(22(20)26)24(32)29-13-9-17(10-14-29)4-1-2-11-28-23(31)18-7-8-21-27-12-15-30(21)16-18/h7-8,12,15-17,19-20,22H,1-6,9-11,13-14H2,(H,28,31). The van der Waals surface area contributed by atoms with Crippen molar-refractivity contribution < 1.29 is 18.4 Å². The Morgan fingerprint density at radius 2 is 1.91 bits per heavy atom. The molecule has 4 rings (SSSR count). The summed E-state index contributed by atoms with van der Waals surface area (Å²) in [5, 5.41) is 2.97. The quantitative estimate of drug-likeness (QED) is 0.655. The molecule has 3 unspecified atom stereocenters. The van der Waals surface area contributed by atoms with Crippen molar-refractivity contribution in [3.05, 3.63) is 36.3 Å². The average Bonchev–Trinajstić information content (AvgIpc) is 3.28. The van der Waals surface area contributed by atoms with Crippen LogP contribution in [0.25, 0.3) is 5.65 Å². The lowest BCUT2D eigenvalue weighted by molar-refractivity contribution is -0.142. The number of alkyl halides is 2. The van der Waals surface area contributed by atoms with Crippen molar-refractivity contribution in [2.75, 3.05) is 19.6 Å². The number of halogens is 2. The topological polar surface area (TPSA) is 66.7 Å². The zero-order chi connectivity index (χ0) is 22.5. The van der Waals surface area contributed by atoms with E-state index < -0.39 is 18.3 Å². The molecular weight excluding hydrogens is 414 g/mol. The third-order valence-electron chi connectivity index (χ3n) is 6.94. The van der Waals surface area contributed by atoms with Crippen LogP contribution >= 0.6 is 0 Å². The molecule has 2 aliphatic rings. The molecule has 2 amide bonds. The van der Waals surface area contributed by atoms with Crippen LogP contribution in [0.3, 0.4) is 0 Å². The number of rotatable bonds is 7. The SMILES string of the molecule is O=C(NCCCCC1CCN(C(=O)C2CCCC(F)C2F)CC1)c1ccc2nccn2c1. The molecule has 0 spiro atoms. The first-order valence-electron chi connectivity index (χ1n) is 11.8. The molecule has 2 fully saturated rings. The van der Waals surface area contributed by atoms with Crippen LogP contribution in [0.15, 0.2) is 30.7 Å². The molecule has 1 saturated carbocycles. The first-order chi connectivity index (χ1) is 15.5. The number of unbranched alkanes of at least 4 members (excludes halogenated alkanes) is 1. The molecule has 3 heterocycles. The number of aromatic nitrogens is 2. The minimum atomic E-state index is -1.65. The van der Waals surface area contributed by atoms with E-state index in [1.165, 1.54) is 0 Å².